The fourth-order valence-corrected chi connectivity index (χ4v) is 1.09. The first-order valence-corrected chi connectivity index (χ1v) is 4.42. The van der Waals surface area contributed by atoms with E-state index in [1.807, 2.05) is 6.92 Å². The fraction of sp³-hybridized carbons (Fsp3) is 0.800. The number of rotatable bonds is 4. The van der Waals surface area contributed by atoms with Gasteiger partial charge in [0.25, 0.3) is 0 Å². The lowest BCUT2D eigenvalue weighted by Gasteiger charge is -2.13. The van der Waals surface area contributed by atoms with Gasteiger partial charge in [-0.2, -0.15) is 0 Å². The van der Waals surface area contributed by atoms with Gasteiger partial charge in [0.05, 0.1) is 6.10 Å². The second kappa shape index (κ2) is 5.36. The van der Waals surface area contributed by atoms with Crippen molar-refractivity contribution in [2.75, 3.05) is 0 Å². The highest BCUT2D eigenvalue weighted by atomic mass is 16.3. The summed E-state index contributed by atoms with van der Waals surface area (Å²) in [5.41, 5.74) is 1.11. The zero-order valence-corrected chi connectivity index (χ0v) is 8.09. The van der Waals surface area contributed by atoms with Gasteiger partial charge in [0.1, 0.15) is 0 Å². The predicted molar refractivity (Wildman–Crippen MR) is 49.5 cm³/mol. The molecule has 1 heteroatoms. The Bertz CT molecular complexity index is 125. The molecule has 1 N–H and O–H groups in total. The van der Waals surface area contributed by atoms with Gasteiger partial charge in [0.15, 0.2) is 0 Å². The van der Waals surface area contributed by atoms with Crippen molar-refractivity contribution in [2.45, 2.75) is 46.6 Å². The van der Waals surface area contributed by atoms with Crippen LogP contribution in [0.25, 0.3) is 0 Å². The van der Waals surface area contributed by atoms with E-state index in [1.54, 1.807) is 0 Å². The SMILES string of the molecule is CCC=C(C)C(O)CC(C)C. The van der Waals surface area contributed by atoms with Gasteiger partial charge < -0.3 is 5.11 Å². The van der Waals surface area contributed by atoms with Crippen LogP contribution in [0.1, 0.15) is 40.5 Å². The van der Waals surface area contributed by atoms with Crippen LogP contribution in [0.2, 0.25) is 0 Å². The van der Waals surface area contributed by atoms with Crippen molar-refractivity contribution < 1.29 is 5.11 Å². The molecule has 0 heterocycles. The first-order chi connectivity index (χ1) is 5.07. The number of allylic oxidation sites excluding steroid dienone is 1. The van der Waals surface area contributed by atoms with Gasteiger partial charge in [-0.25, -0.2) is 0 Å². The largest absolute Gasteiger partial charge is 0.389 e. The zero-order chi connectivity index (χ0) is 8.85. The third kappa shape index (κ3) is 5.02. The summed E-state index contributed by atoms with van der Waals surface area (Å²) >= 11 is 0. The summed E-state index contributed by atoms with van der Waals surface area (Å²) in [6.45, 7) is 8.34. The van der Waals surface area contributed by atoms with Crippen molar-refractivity contribution in [3.8, 4) is 0 Å². The Morgan fingerprint density at radius 3 is 2.36 bits per heavy atom. The average Bonchev–Trinajstić information content (AvgIpc) is 1.86. The molecule has 1 atom stereocenters. The molecule has 0 rings (SSSR count). The molecule has 0 bridgehead atoms. The van der Waals surface area contributed by atoms with Crippen molar-refractivity contribution >= 4 is 0 Å². The maximum Gasteiger partial charge on any atom is 0.0749 e. The summed E-state index contributed by atoms with van der Waals surface area (Å²) in [6, 6.07) is 0. The van der Waals surface area contributed by atoms with Crippen LogP contribution in [-0.2, 0) is 0 Å². The molecule has 0 aliphatic heterocycles. The third-order valence-corrected chi connectivity index (χ3v) is 1.75. The first kappa shape index (κ1) is 10.7. The van der Waals surface area contributed by atoms with E-state index in [1.165, 1.54) is 0 Å². The summed E-state index contributed by atoms with van der Waals surface area (Å²) in [5.74, 6) is 0.574. The van der Waals surface area contributed by atoms with Crippen LogP contribution >= 0.6 is 0 Å². The molecule has 0 saturated heterocycles. The van der Waals surface area contributed by atoms with E-state index < -0.39 is 0 Å². The molecule has 1 nitrogen and oxygen atoms in total. The van der Waals surface area contributed by atoms with Gasteiger partial charge in [-0.15, -0.1) is 0 Å². The van der Waals surface area contributed by atoms with Gasteiger partial charge in [-0.1, -0.05) is 26.8 Å². The van der Waals surface area contributed by atoms with E-state index in [-0.39, 0.29) is 6.10 Å². The van der Waals surface area contributed by atoms with E-state index in [2.05, 4.69) is 26.8 Å². The number of hydrogen-bond acceptors (Lipinski definition) is 1. The second-order valence-electron chi connectivity index (χ2n) is 3.50. The normalized spacial score (nSPS) is 15.6. The minimum Gasteiger partial charge on any atom is -0.389 e. The lowest BCUT2D eigenvalue weighted by Crippen LogP contribution is -2.11. The molecule has 0 fully saturated rings. The number of aliphatic hydroxyl groups excluding tert-OH is 1. The van der Waals surface area contributed by atoms with Crippen LogP contribution in [0.3, 0.4) is 0 Å². The summed E-state index contributed by atoms with van der Waals surface area (Å²) < 4.78 is 0. The summed E-state index contributed by atoms with van der Waals surface area (Å²) in [4.78, 5) is 0. The fourth-order valence-electron chi connectivity index (χ4n) is 1.09. The molecule has 0 amide bonds. The van der Waals surface area contributed by atoms with E-state index in [4.69, 9.17) is 0 Å². The Morgan fingerprint density at radius 2 is 2.00 bits per heavy atom. The van der Waals surface area contributed by atoms with Crippen molar-refractivity contribution in [2.24, 2.45) is 5.92 Å². The van der Waals surface area contributed by atoms with Crippen LogP contribution < -0.4 is 0 Å². The van der Waals surface area contributed by atoms with E-state index in [9.17, 15) is 5.11 Å². The number of hydrogen-bond donors (Lipinski definition) is 1. The molecule has 1 unspecified atom stereocenters. The highest BCUT2D eigenvalue weighted by Gasteiger charge is 2.07. The summed E-state index contributed by atoms with van der Waals surface area (Å²) in [6.07, 6.45) is 3.76. The molecule has 0 aliphatic rings. The lowest BCUT2D eigenvalue weighted by atomic mass is 10.0. The molecular formula is C10H20O. The van der Waals surface area contributed by atoms with E-state index in [0.717, 1.165) is 18.4 Å². The smallest absolute Gasteiger partial charge is 0.0749 e. The van der Waals surface area contributed by atoms with Crippen LogP contribution in [0.4, 0.5) is 0 Å². The van der Waals surface area contributed by atoms with E-state index in [0.29, 0.717) is 5.92 Å². The maximum atomic E-state index is 9.55. The molecule has 0 spiro atoms. The third-order valence-electron chi connectivity index (χ3n) is 1.75. The van der Waals surface area contributed by atoms with Crippen molar-refractivity contribution in [3.63, 3.8) is 0 Å². The average molecular weight is 156 g/mol. The highest BCUT2D eigenvalue weighted by molar-refractivity contribution is 5.03. The Labute approximate surface area is 70.1 Å². The Balaban J connectivity index is 3.82. The van der Waals surface area contributed by atoms with Gasteiger partial charge in [-0.05, 0) is 31.3 Å². The monoisotopic (exact) mass is 156 g/mol. The van der Waals surface area contributed by atoms with Gasteiger partial charge in [-0.3, -0.25) is 0 Å². The van der Waals surface area contributed by atoms with Crippen molar-refractivity contribution in [1.29, 1.82) is 0 Å². The second-order valence-corrected chi connectivity index (χ2v) is 3.50. The van der Waals surface area contributed by atoms with Crippen molar-refractivity contribution in [1.82, 2.24) is 0 Å². The molecule has 11 heavy (non-hydrogen) atoms. The van der Waals surface area contributed by atoms with Crippen LogP contribution in [-0.4, -0.2) is 11.2 Å². The number of aliphatic hydroxyl groups is 1. The highest BCUT2D eigenvalue weighted by Crippen LogP contribution is 2.12. The van der Waals surface area contributed by atoms with Gasteiger partial charge in [0, 0.05) is 0 Å². The topological polar surface area (TPSA) is 20.2 Å². The van der Waals surface area contributed by atoms with Gasteiger partial charge >= 0.3 is 0 Å². The predicted octanol–water partition coefficient (Wildman–Crippen LogP) is 2.75. The summed E-state index contributed by atoms with van der Waals surface area (Å²) in [7, 11) is 0. The zero-order valence-electron chi connectivity index (χ0n) is 8.09. The molecule has 0 aromatic carbocycles. The minimum absolute atomic E-state index is 0.227. The van der Waals surface area contributed by atoms with Crippen LogP contribution in [0, 0.1) is 5.92 Å². The summed E-state index contributed by atoms with van der Waals surface area (Å²) in [5, 5.41) is 9.55. The molecular weight excluding hydrogens is 136 g/mol. The molecule has 0 aliphatic carbocycles. The van der Waals surface area contributed by atoms with Crippen LogP contribution in [0.15, 0.2) is 11.6 Å². The molecule has 0 radical (unpaired) electrons. The quantitative estimate of drug-likeness (QED) is 0.620. The molecule has 0 saturated carbocycles. The Morgan fingerprint density at radius 1 is 1.45 bits per heavy atom. The maximum absolute atomic E-state index is 9.55. The Hall–Kier alpha value is -0.300. The molecule has 0 aromatic heterocycles. The van der Waals surface area contributed by atoms with Gasteiger partial charge in [0.2, 0.25) is 0 Å². The van der Waals surface area contributed by atoms with Crippen molar-refractivity contribution in [3.05, 3.63) is 11.6 Å². The first-order valence-electron chi connectivity index (χ1n) is 4.42. The standard InChI is InChI=1S/C10H20O/c1-5-6-9(4)10(11)7-8(2)3/h6,8,10-11H,5,7H2,1-4H3. The van der Waals surface area contributed by atoms with Crippen LogP contribution in [0.5, 0.6) is 0 Å². The van der Waals surface area contributed by atoms with E-state index >= 15 is 0 Å². The Kier molecular flexibility index (Phi) is 5.22. The lowest BCUT2D eigenvalue weighted by molar-refractivity contribution is 0.183. The molecule has 66 valence electrons. The minimum atomic E-state index is -0.227. The molecule has 0 aromatic rings.